The molecule has 1 saturated carbocycles. The lowest BCUT2D eigenvalue weighted by Crippen LogP contribution is -2.37. The third-order valence-electron chi connectivity index (χ3n) is 4.98. The largest absolute Gasteiger partial charge is 0.489 e. The summed E-state index contributed by atoms with van der Waals surface area (Å²) in [7, 11) is 1.38. The van der Waals surface area contributed by atoms with Crippen molar-refractivity contribution in [1.82, 2.24) is 0 Å². The highest BCUT2D eigenvalue weighted by molar-refractivity contribution is 6.00. The Balaban J connectivity index is 1.68. The number of alkyl halides is 2. The molecule has 1 atom stereocenters. The van der Waals surface area contributed by atoms with E-state index in [4.69, 9.17) is 9.47 Å². The molecule has 3 rings (SSSR count). The van der Waals surface area contributed by atoms with E-state index in [1.165, 1.54) is 25.3 Å². The smallest absolute Gasteiger partial charge is 0.387 e. The minimum Gasteiger partial charge on any atom is -0.489 e. The Labute approximate surface area is 144 Å². The molecule has 1 aliphatic carbocycles. The number of hydrogen-bond acceptors (Lipinski definition) is 5. The van der Waals surface area contributed by atoms with Crippen molar-refractivity contribution in [3.05, 3.63) is 23.8 Å². The van der Waals surface area contributed by atoms with Crippen LogP contribution < -0.4 is 9.47 Å². The van der Waals surface area contributed by atoms with E-state index in [9.17, 15) is 18.4 Å². The molecule has 1 aromatic rings. The fourth-order valence-electron chi connectivity index (χ4n) is 3.66. The highest BCUT2D eigenvalue weighted by Gasteiger charge is 2.36. The summed E-state index contributed by atoms with van der Waals surface area (Å²) >= 11 is 0. The van der Waals surface area contributed by atoms with Crippen LogP contribution in [0.3, 0.4) is 0 Å². The van der Waals surface area contributed by atoms with Gasteiger partial charge in [-0.15, -0.1) is 0 Å². The molecule has 1 unspecified atom stereocenters. The molecule has 1 fully saturated rings. The Hall–Kier alpha value is -2.18. The van der Waals surface area contributed by atoms with Gasteiger partial charge in [0.15, 0.2) is 5.78 Å². The second kappa shape index (κ2) is 7.37. The number of rotatable bonds is 4. The van der Waals surface area contributed by atoms with Crippen LogP contribution in [0.4, 0.5) is 8.78 Å². The predicted octanol–water partition coefficient (Wildman–Crippen LogP) is 3.60. The van der Waals surface area contributed by atoms with Crippen molar-refractivity contribution >= 4 is 11.8 Å². The van der Waals surface area contributed by atoms with Gasteiger partial charge in [-0.05, 0) is 43.7 Å². The zero-order valence-electron chi connectivity index (χ0n) is 13.9. The molecule has 5 nitrogen and oxygen atoms in total. The number of methoxy groups -OCH3 is 1. The van der Waals surface area contributed by atoms with Gasteiger partial charge in [0.25, 0.3) is 0 Å². The van der Waals surface area contributed by atoms with Crippen LogP contribution in [-0.4, -0.2) is 31.6 Å². The third kappa shape index (κ3) is 3.91. The van der Waals surface area contributed by atoms with Crippen LogP contribution in [-0.2, 0) is 9.53 Å². The molecule has 1 aliphatic heterocycles. The van der Waals surface area contributed by atoms with E-state index in [2.05, 4.69) is 4.74 Å². The number of carbonyl (C=O) groups is 2. The van der Waals surface area contributed by atoms with Gasteiger partial charge in [0.2, 0.25) is 0 Å². The number of carbonyl (C=O) groups excluding carboxylic acids is 2. The van der Waals surface area contributed by atoms with Crippen LogP contribution in [0.2, 0.25) is 0 Å². The quantitative estimate of drug-likeness (QED) is 0.773. The topological polar surface area (TPSA) is 61.8 Å². The number of ether oxygens (including phenoxy) is 3. The third-order valence-corrected chi connectivity index (χ3v) is 4.98. The molecule has 0 amide bonds. The van der Waals surface area contributed by atoms with E-state index in [1.54, 1.807) is 0 Å². The van der Waals surface area contributed by atoms with Gasteiger partial charge in [-0.2, -0.15) is 8.78 Å². The van der Waals surface area contributed by atoms with Gasteiger partial charge >= 0.3 is 12.6 Å². The molecule has 0 saturated heterocycles. The number of Topliss-reactive ketones (excluding diaryl/α,β-unsaturated/α-hetero) is 1. The van der Waals surface area contributed by atoms with Crippen molar-refractivity contribution in [2.45, 2.75) is 44.8 Å². The molecule has 0 spiro atoms. The van der Waals surface area contributed by atoms with Gasteiger partial charge in [0.1, 0.15) is 17.6 Å². The first-order valence-electron chi connectivity index (χ1n) is 8.34. The molecule has 0 bridgehead atoms. The first-order valence-corrected chi connectivity index (χ1v) is 8.34. The first kappa shape index (κ1) is 17.6. The second-order valence-electron chi connectivity index (χ2n) is 6.45. The zero-order chi connectivity index (χ0) is 18.0. The second-order valence-corrected chi connectivity index (χ2v) is 6.45. The molecule has 1 heterocycles. The van der Waals surface area contributed by atoms with Gasteiger partial charge in [-0.1, -0.05) is 0 Å². The van der Waals surface area contributed by atoms with Crippen LogP contribution in [0, 0.1) is 11.8 Å². The molecule has 136 valence electrons. The van der Waals surface area contributed by atoms with E-state index < -0.39 is 6.61 Å². The Bertz CT molecular complexity index is 653. The van der Waals surface area contributed by atoms with Crippen molar-refractivity contribution < 1.29 is 32.6 Å². The van der Waals surface area contributed by atoms with E-state index in [0.29, 0.717) is 18.4 Å². The number of benzene rings is 1. The van der Waals surface area contributed by atoms with Gasteiger partial charge in [-0.25, -0.2) is 0 Å². The molecule has 1 aromatic carbocycles. The summed E-state index contributed by atoms with van der Waals surface area (Å²) in [6.45, 7) is -2.93. The lowest BCUT2D eigenvalue weighted by Gasteiger charge is -2.35. The van der Waals surface area contributed by atoms with Crippen molar-refractivity contribution in [1.29, 1.82) is 0 Å². The monoisotopic (exact) mass is 354 g/mol. The summed E-state index contributed by atoms with van der Waals surface area (Å²) in [6, 6.07) is 4.14. The van der Waals surface area contributed by atoms with Gasteiger partial charge < -0.3 is 14.2 Å². The summed E-state index contributed by atoms with van der Waals surface area (Å²) in [6.07, 6.45) is 2.89. The van der Waals surface area contributed by atoms with Crippen LogP contribution in [0.25, 0.3) is 0 Å². The molecule has 0 aromatic heterocycles. The average Bonchev–Trinajstić information content (AvgIpc) is 2.60. The van der Waals surface area contributed by atoms with Crippen LogP contribution in [0.1, 0.15) is 42.5 Å². The maximum absolute atomic E-state index is 12.4. The molecule has 7 heteroatoms. The SMILES string of the molecule is COC(=O)C1CCC(C2CC(=O)c3ccc(OC(F)F)cc3O2)CC1. The number of fused-ring (bicyclic) bond motifs is 1. The molecular formula is C18H20F2O5. The van der Waals surface area contributed by atoms with Gasteiger partial charge in [0, 0.05) is 12.5 Å². The Morgan fingerprint density at radius 2 is 1.96 bits per heavy atom. The number of esters is 1. The van der Waals surface area contributed by atoms with Crippen LogP contribution in [0.5, 0.6) is 11.5 Å². The highest BCUT2D eigenvalue weighted by atomic mass is 19.3. The van der Waals surface area contributed by atoms with E-state index in [0.717, 1.165) is 12.8 Å². The molecule has 25 heavy (non-hydrogen) atoms. The number of hydrogen-bond donors (Lipinski definition) is 0. The fraction of sp³-hybridized carbons (Fsp3) is 0.556. The summed E-state index contributed by atoms with van der Waals surface area (Å²) < 4.78 is 39.8. The fourth-order valence-corrected chi connectivity index (χ4v) is 3.66. The predicted molar refractivity (Wildman–Crippen MR) is 83.9 cm³/mol. The van der Waals surface area contributed by atoms with Gasteiger partial charge in [-0.3, -0.25) is 9.59 Å². The standard InChI is InChI=1S/C18H20F2O5/c1-23-17(22)11-4-2-10(3-5-11)15-9-14(21)13-7-6-12(24-18(19)20)8-16(13)25-15/h6-8,10-11,15,18H,2-5,9H2,1H3. The van der Waals surface area contributed by atoms with Crippen LogP contribution in [0.15, 0.2) is 18.2 Å². The van der Waals surface area contributed by atoms with Crippen LogP contribution >= 0.6 is 0 Å². The molecule has 0 N–H and O–H groups in total. The maximum Gasteiger partial charge on any atom is 0.387 e. The maximum atomic E-state index is 12.4. The minimum absolute atomic E-state index is 0.0309. The molecule has 0 radical (unpaired) electrons. The Kier molecular flexibility index (Phi) is 5.20. The zero-order valence-corrected chi connectivity index (χ0v) is 13.9. The van der Waals surface area contributed by atoms with E-state index in [-0.39, 0.29) is 47.6 Å². The normalized spacial score (nSPS) is 25.9. The van der Waals surface area contributed by atoms with E-state index in [1.807, 2.05) is 0 Å². The average molecular weight is 354 g/mol. The summed E-state index contributed by atoms with van der Waals surface area (Å²) in [5.41, 5.74) is 0.390. The van der Waals surface area contributed by atoms with E-state index >= 15 is 0 Å². The molecule has 2 aliphatic rings. The lowest BCUT2D eigenvalue weighted by molar-refractivity contribution is -0.147. The Morgan fingerprint density at radius 1 is 1.24 bits per heavy atom. The van der Waals surface area contributed by atoms with Crippen molar-refractivity contribution in [2.75, 3.05) is 7.11 Å². The number of halogens is 2. The summed E-state index contributed by atoms with van der Waals surface area (Å²) in [5.74, 6) is 0.0470. The van der Waals surface area contributed by atoms with Crippen molar-refractivity contribution in [3.8, 4) is 11.5 Å². The van der Waals surface area contributed by atoms with Crippen molar-refractivity contribution in [3.63, 3.8) is 0 Å². The lowest BCUT2D eigenvalue weighted by atomic mass is 9.77. The highest BCUT2D eigenvalue weighted by Crippen LogP contribution is 2.39. The minimum atomic E-state index is -2.93. The summed E-state index contributed by atoms with van der Waals surface area (Å²) in [4.78, 5) is 24.0. The number of ketones is 1. The van der Waals surface area contributed by atoms with Crippen molar-refractivity contribution in [2.24, 2.45) is 11.8 Å². The first-order chi connectivity index (χ1) is 12.0. The molecular weight excluding hydrogens is 334 g/mol. The Morgan fingerprint density at radius 3 is 2.60 bits per heavy atom. The summed E-state index contributed by atoms with van der Waals surface area (Å²) in [5, 5.41) is 0. The van der Waals surface area contributed by atoms with Gasteiger partial charge in [0.05, 0.1) is 18.6 Å².